The lowest BCUT2D eigenvalue weighted by molar-refractivity contribution is -0.115. The molecule has 6 nitrogen and oxygen atoms in total. The minimum Gasteiger partial charge on any atom is -0.479 e. The largest absolute Gasteiger partial charge is 0.479 e. The molecule has 0 fully saturated rings. The van der Waals surface area contributed by atoms with E-state index in [0.29, 0.717) is 24.0 Å². The van der Waals surface area contributed by atoms with Crippen LogP contribution in [0.25, 0.3) is 0 Å². The van der Waals surface area contributed by atoms with Gasteiger partial charge >= 0.3 is 0 Å². The predicted molar refractivity (Wildman–Crippen MR) is 64.3 cm³/mol. The van der Waals surface area contributed by atoms with Crippen LogP contribution in [-0.2, 0) is 4.79 Å². The summed E-state index contributed by atoms with van der Waals surface area (Å²) in [7, 11) is 1.52. The van der Waals surface area contributed by atoms with Crippen molar-refractivity contribution in [2.24, 2.45) is 5.92 Å². The van der Waals surface area contributed by atoms with Crippen LogP contribution in [0.15, 0.2) is 6.33 Å². The Labute approximate surface area is 100 Å². The van der Waals surface area contributed by atoms with Gasteiger partial charge < -0.3 is 15.0 Å². The van der Waals surface area contributed by atoms with Crippen molar-refractivity contribution in [3.63, 3.8) is 0 Å². The Morgan fingerprint density at radius 2 is 2.29 bits per heavy atom. The summed E-state index contributed by atoms with van der Waals surface area (Å²) in [4.78, 5) is 21.8. The van der Waals surface area contributed by atoms with Crippen molar-refractivity contribution >= 4 is 17.4 Å². The standard InChI is InChI=1S/C11H16N4O2/c1-7(2)4-15-5-8(16)14-9-10(15)12-6-13-11(9)17-3/h6-7H,4-5H2,1-3H3,(H,14,16). The maximum absolute atomic E-state index is 11.6. The van der Waals surface area contributed by atoms with Crippen molar-refractivity contribution in [2.75, 3.05) is 30.4 Å². The van der Waals surface area contributed by atoms with Gasteiger partial charge in [0.2, 0.25) is 11.8 Å². The third-order valence-corrected chi connectivity index (χ3v) is 2.47. The van der Waals surface area contributed by atoms with Crippen LogP contribution >= 0.6 is 0 Å². The van der Waals surface area contributed by atoms with Crippen molar-refractivity contribution in [2.45, 2.75) is 13.8 Å². The molecular formula is C11H16N4O2. The van der Waals surface area contributed by atoms with Crippen LogP contribution in [0.5, 0.6) is 5.88 Å². The number of fused-ring (bicyclic) bond motifs is 1. The molecule has 1 amide bonds. The number of anilines is 2. The normalized spacial score (nSPS) is 14.6. The van der Waals surface area contributed by atoms with E-state index in [4.69, 9.17) is 4.74 Å². The number of amides is 1. The van der Waals surface area contributed by atoms with Gasteiger partial charge in [-0.05, 0) is 5.92 Å². The van der Waals surface area contributed by atoms with Gasteiger partial charge in [-0.1, -0.05) is 13.8 Å². The molecule has 1 aromatic rings. The van der Waals surface area contributed by atoms with Crippen LogP contribution < -0.4 is 15.0 Å². The van der Waals surface area contributed by atoms with E-state index in [0.717, 1.165) is 12.4 Å². The molecule has 0 aromatic carbocycles. The summed E-state index contributed by atoms with van der Waals surface area (Å²) in [6, 6.07) is 0. The molecule has 92 valence electrons. The highest BCUT2D eigenvalue weighted by atomic mass is 16.5. The van der Waals surface area contributed by atoms with E-state index < -0.39 is 0 Å². The average Bonchev–Trinajstić information content (AvgIpc) is 2.27. The summed E-state index contributed by atoms with van der Waals surface area (Å²) in [5, 5.41) is 2.75. The number of aromatic nitrogens is 2. The number of nitrogens with zero attached hydrogens (tertiary/aromatic N) is 3. The fourth-order valence-electron chi connectivity index (χ4n) is 1.88. The molecule has 0 saturated heterocycles. The van der Waals surface area contributed by atoms with Crippen LogP contribution in [0.1, 0.15) is 13.8 Å². The van der Waals surface area contributed by atoms with Crippen LogP contribution in [-0.4, -0.2) is 36.1 Å². The zero-order valence-corrected chi connectivity index (χ0v) is 10.2. The van der Waals surface area contributed by atoms with E-state index in [9.17, 15) is 4.79 Å². The Morgan fingerprint density at radius 3 is 2.94 bits per heavy atom. The zero-order chi connectivity index (χ0) is 12.4. The summed E-state index contributed by atoms with van der Waals surface area (Å²) in [6.07, 6.45) is 1.45. The molecule has 1 N–H and O–H groups in total. The number of carbonyl (C=O) groups is 1. The minimum absolute atomic E-state index is 0.0637. The molecule has 6 heteroatoms. The van der Waals surface area contributed by atoms with Gasteiger partial charge in [-0.15, -0.1) is 0 Å². The van der Waals surface area contributed by atoms with Gasteiger partial charge in [-0.2, -0.15) is 4.98 Å². The Bertz CT molecular complexity index is 433. The summed E-state index contributed by atoms with van der Waals surface area (Å²) in [6.45, 7) is 5.31. The molecule has 0 saturated carbocycles. The van der Waals surface area contributed by atoms with Gasteiger partial charge in [0.15, 0.2) is 5.82 Å². The van der Waals surface area contributed by atoms with E-state index in [1.807, 2.05) is 4.90 Å². The van der Waals surface area contributed by atoms with E-state index in [1.165, 1.54) is 13.4 Å². The first-order chi connectivity index (χ1) is 8.11. The Kier molecular flexibility index (Phi) is 3.12. The first kappa shape index (κ1) is 11.6. The fourth-order valence-corrected chi connectivity index (χ4v) is 1.88. The molecule has 0 unspecified atom stereocenters. The second kappa shape index (κ2) is 4.57. The Balaban J connectivity index is 2.39. The molecule has 2 heterocycles. The van der Waals surface area contributed by atoms with E-state index in [-0.39, 0.29) is 5.91 Å². The number of nitrogens with one attached hydrogen (secondary N) is 1. The molecule has 0 atom stereocenters. The molecule has 2 rings (SSSR count). The van der Waals surface area contributed by atoms with Gasteiger partial charge in [0, 0.05) is 6.54 Å². The highest BCUT2D eigenvalue weighted by Crippen LogP contribution is 2.33. The first-order valence-electron chi connectivity index (χ1n) is 5.55. The molecule has 0 aliphatic carbocycles. The quantitative estimate of drug-likeness (QED) is 0.844. The molecular weight excluding hydrogens is 220 g/mol. The number of carbonyl (C=O) groups excluding carboxylic acids is 1. The molecule has 0 radical (unpaired) electrons. The van der Waals surface area contributed by atoms with E-state index >= 15 is 0 Å². The topological polar surface area (TPSA) is 67.4 Å². The summed E-state index contributed by atoms with van der Waals surface area (Å²) in [5.41, 5.74) is 0.562. The van der Waals surface area contributed by atoms with Crippen LogP contribution in [0.4, 0.5) is 11.5 Å². The van der Waals surface area contributed by atoms with Crippen molar-refractivity contribution in [3.05, 3.63) is 6.33 Å². The third-order valence-electron chi connectivity index (χ3n) is 2.47. The van der Waals surface area contributed by atoms with Gasteiger partial charge in [0.05, 0.1) is 13.7 Å². The van der Waals surface area contributed by atoms with Crippen molar-refractivity contribution in [1.29, 1.82) is 0 Å². The van der Waals surface area contributed by atoms with Crippen LogP contribution in [0.3, 0.4) is 0 Å². The molecule has 1 aliphatic heterocycles. The van der Waals surface area contributed by atoms with E-state index in [1.54, 1.807) is 0 Å². The number of rotatable bonds is 3. The number of methoxy groups -OCH3 is 1. The number of hydrogen-bond acceptors (Lipinski definition) is 5. The minimum atomic E-state index is -0.0637. The second-order valence-electron chi connectivity index (χ2n) is 4.40. The first-order valence-corrected chi connectivity index (χ1v) is 5.55. The Hall–Kier alpha value is -1.85. The number of hydrogen-bond donors (Lipinski definition) is 1. The molecule has 0 spiro atoms. The van der Waals surface area contributed by atoms with Crippen molar-refractivity contribution in [3.8, 4) is 5.88 Å². The smallest absolute Gasteiger partial charge is 0.244 e. The van der Waals surface area contributed by atoms with Gasteiger partial charge in [0.25, 0.3) is 0 Å². The van der Waals surface area contributed by atoms with Gasteiger partial charge in [0.1, 0.15) is 12.0 Å². The maximum Gasteiger partial charge on any atom is 0.244 e. The van der Waals surface area contributed by atoms with Crippen LogP contribution in [0.2, 0.25) is 0 Å². The summed E-state index contributed by atoms with van der Waals surface area (Å²) in [5.74, 6) is 1.52. The molecule has 0 bridgehead atoms. The lowest BCUT2D eigenvalue weighted by Gasteiger charge is -2.31. The van der Waals surface area contributed by atoms with Crippen molar-refractivity contribution < 1.29 is 9.53 Å². The predicted octanol–water partition coefficient (Wildman–Crippen LogP) is 0.900. The SMILES string of the molecule is COc1ncnc2c1NC(=O)CN2CC(C)C. The van der Waals surface area contributed by atoms with Crippen molar-refractivity contribution in [1.82, 2.24) is 9.97 Å². The summed E-state index contributed by atoms with van der Waals surface area (Å²) >= 11 is 0. The van der Waals surface area contributed by atoms with Crippen LogP contribution in [0, 0.1) is 5.92 Å². The molecule has 1 aliphatic rings. The molecule has 17 heavy (non-hydrogen) atoms. The lowest BCUT2D eigenvalue weighted by Crippen LogP contribution is -2.41. The second-order valence-corrected chi connectivity index (χ2v) is 4.40. The monoisotopic (exact) mass is 236 g/mol. The third kappa shape index (κ3) is 2.30. The highest BCUT2D eigenvalue weighted by Gasteiger charge is 2.27. The average molecular weight is 236 g/mol. The number of ether oxygens (including phenoxy) is 1. The maximum atomic E-state index is 11.6. The van der Waals surface area contributed by atoms with E-state index in [2.05, 4.69) is 29.1 Å². The van der Waals surface area contributed by atoms with Gasteiger partial charge in [-0.25, -0.2) is 4.98 Å². The molecule has 1 aromatic heterocycles. The van der Waals surface area contributed by atoms with Gasteiger partial charge in [-0.3, -0.25) is 4.79 Å². The lowest BCUT2D eigenvalue weighted by atomic mass is 10.2. The zero-order valence-electron chi connectivity index (χ0n) is 10.2. The highest BCUT2D eigenvalue weighted by molar-refractivity contribution is 6.01. The summed E-state index contributed by atoms with van der Waals surface area (Å²) < 4.78 is 5.12. The Morgan fingerprint density at radius 1 is 1.53 bits per heavy atom. The fraction of sp³-hybridized carbons (Fsp3) is 0.545.